The Hall–Kier alpha value is -9.35. The zero-order valence-corrected chi connectivity index (χ0v) is 49.1. The lowest BCUT2D eigenvalue weighted by Crippen LogP contribution is -2.29. The summed E-state index contributed by atoms with van der Waals surface area (Å²) < 4.78 is 5.66. The normalized spacial score (nSPS) is 10.4. The number of hydrogen-bond donors (Lipinski definition) is 10. The molecule has 0 aliphatic rings. The fraction of sp³-hybridized carbons (Fsp3) is 0.0635. The van der Waals surface area contributed by atoms with Crippen molar-refractivity contribution in [1.29, 1.82) is 0 Å². The average molecular weight is 1250 g/mol. The largest absolute Gasteiger partial charge is 0.508 e. The molecule has 0 aliphatic carbocycles. The summed E-state index contributed by atoms with van der Waals surface area (Å²) in [6, 6.07) is 45.1. The first-order valence-corrected chi connectivity index (χ1v) is 28.5. The highest BCUT2D eigenvalue weighted by molar-refractivity contribution is 9.10. The minimum atomic E-state index is -1.45. The molecule has 11 aromatic rings. The summed E-state index contributed by atoms with van der Waals surface area (Å²) in [7, 11) is -0.0582. The molecule has 426 valence electrons. The molecule has 11 rings (SSSR count). The number of para-hydroxylation sites is 2. The van der Waals surface area contributed by atoms with Crippen LogP contribution in [0.2, 0.25) is 0 Å². The number of phenols is 3. The molecule has 3 heterocycles. The summed E-state index contributed by atoms with van der Waals surface area (Å²) in [5, 5.41) is 86.7. The van der Waals surface area contributed by atoms with E-state index in [0.29, 0.717) is 25.8 Å². The number of amides is 1. The van der Waals surface area contributed by atoms with Crippen molar-refractivity contribution < 1.29 is 69.4 Å². The fourth-order valence-corrected chi connectivity index (χ4v) is 11.8. The van der Waals surface area contributed by atoms with E-state index in [1.165, 1.54) is 53.3 Å². The summed E-state index contributed by atoms with van der Waals surface area (Å²) in [4.78, 5) is 58.2. The minimum Gasteiger partial charge on any atom is -0.508 e. The highest BCUT2D eigenvalue weighted by Crippen LogP contribution is 2.36. The molecule has 84 heavy (non-hydrogen) atoms. The third-order valence-corrected chi connectivity index (χ3v) is 17.2. The monoisotopic (exact) mass is 1250 g/mol. The van der Waals surface area contributed by atoms with Crippen molar-refractivity contribution in [1.82, 2.24) is 0 Å². The maximum absolute atomic E-state index is 12.8. The number of nitrogens with two attached hydrogens (primary N) is 1. The van der Waals surface area contributed by atoms with Crippen LogP contribution in [-0.2, 0) is 4.74 Å². The summed E-state index contributed by atoms with van der Waals surface area (Å²) in [5.41, 5.74) is 13.1. The molecule has 0 unspecified atom stereocenters. The van der Waals surface area contributed by atoms with Crippen LogP contribution in [0.25, 0.3) is 54.6 Å². The lowest BCUT2D eigenvalue weighted by molar-refractivity contribution is 0.0603. The van der Waals surface area contributed by atoms with Gasteiger partial charge >= 0.3 is 31.0 Å². The van der Waals surface area contributed by atoms with Crippen molar-refractivity contribution in [2.45, 2.75) is 20.8 Å². The fourth-order valence-electron chi connectivity index (χ4n) is 8.39. The van der Waals surface area contributed by atoms with Gasteiger partial charge in [0.2, 0.25) is 0 Å². The first-order valence-electron chi connectivity index (χ1n) is 25.0. The van der Waals surface area contributed by atoms with Crippen LogP contribution in [-0.4, -0.2) is 84.7 Å². The van der Waals surface area contributed by atoms with E-state index in [1.807, 2.05) is 67.1 Å². The Kier molecular flexibility index (Phi) is 20.8. The number of benzene rings is 8. The highest BCUT2D eigenvalue weighted by Gasteiger charge is 2.20. The number of aromatic hydroxyl groups is 3. The number of carboxylic acid groups (broad SMARTS) is 3. The van der Waals surface area contributed by atoms with Gasteiger partial charge in [0.25, 0.3) is 5.91 Å². The first kappa shape index (κ1) is 62.3. The maximum atomic E-state index is 12.8. The summed E-state index contributed by atoms with van der Waals surface area (Å²) >= 11 is 7.19. The Morgan fingerprint density at radius 1 is 0.500 bits per heavy atom. The predicted octanol–water partition coefficient (Wildman–Crippen LogP) is 13.6. The smallest absolute Gasteiger partial charge is 0.488 e. The molecule has 0 spiro atoms. The van der Waals surface area contributed by atoms with Crippen LogP contribution in [0.15, 0.2) is 178 Å². The van der Waals surface area contributed by atoms with Gasteiger partial charge in [-0.1, -0.05) is 84.9 Å². The van der Waals surface area contributed by atoms with Gasteiger partial charge in [0.1, 0.15) is 27.0 Å². The Bertz CT molecular complexity index is 4250. The topological polar surface area (TPSA) is 294 Å². The van der Waals surface area contributed by atoms with Gasteiger partial charge < -0.3 is 56.5 Å². The summed E-state index contributed by atoms with van der Waals surface area (Å²) in [5.74, 6) is -2.88. The van der Waals surface area contributed by atoms with E-state index in [1.54, 1.807) is 109 Å². The molecule has 11 N–H and O–H groups in total. The van der Waals surface area contributed by atoms with Crippen LogP contribution >= 0.6 is 49.9 Å². The number of phenolic OH excluding ortho intramolecular Hbond substituents is 3. The number of esters is 1. The van der Waals surface area contributed by atoms with Gasteiger partial charge in [0, 0.05) is 15.5 Å². The highest BCUT2D eigenvalue weighted by atomic mass is 79.9. The van der Waals surface area contributed by atoms with Crippen LogP contribution in [0.5, 0.6) is 17.2 Å². The van der Waals surface area contributed by atoms with E-state index in [9.17, 15) is 44.4 Å². The van der Waals surface area contributed by atoms with Gasteiger partial charge in [0.15, 0.2) is 0 Å². The molecule has 1 amide bonds. The van der Waals surface area contributed by atoms with E-state index < -0.39 is 25.0 Å². The molecular formula is C63H52BBrN2O14S3. The van der Waals surface area contributed by atoms with Crippen molar-refractivity contribution in [3.8, 4) is 39.5 Å². The number of carbonyl (C=O) groups excluding carboxylic acids is 2. The van der Waals surface area contributed by atoms with Crippen LogP contribution in [0.1, 0.15) is 66.4 Å². The van der Waals surface area contributed by atoms with Gasteiger partial charge in [-0.05, 0) is 197 Å². The molecular weight excluding hydrogens is 1200 g/mol. The van der Waals surface area contributed by atoms with E-state index in [2.05, 4.69) is 27.3 Å². The predicted molar refractivity (Wildman–Crippen MR) is 337 cm³/mol. The lowest BCUT2D eigenvalue weighted by Gasteiger charge is -2.08. The molecule has 8 aromatic carbocycles. The SMILES string of the molecule is COC(=O)c1scc(-c2ccc3cc(O)ccc3c2)c1C.Cc1c(-c2ccc3cc(O)ccc3c2)csc1C(=O)Nc1ccccc1C(=O)O.Cc1c(Br)csc1C(=O)O.Nc1ccccc1C(=O)O.OB(O)c1ccc2cc(O)ccc2c1. The molecule has 0 saturated carbocycles. The molecule has 0 atom stereocenters. The Morgan fingerprint density at radius 2 is 0.929 bits per heavy atom. The summed E-state index contributed by atoms with van der Waals surface area (Å²) in [6.45, 7) is 5.59. The van der Waals surface area contributed by atoms with Crippen LogP contribution < -0.4 is 16.5 Å². The molecule has 0 radical (unpaired) electrons. The molecule has 0 bridgehead atoms. The second-order valence-electron chi connectivity index (χ2n) is 18.4. The van der Waals surface area contributed by atoms with Crippen LogP contribution in [0, 0.1) is 20.8 Å². The third-order valence-electron chi connectivity index (χ3n) is 12.8. The van der Waals surface area contributed by atoms with Gasteiger partial charge in [-0.3, -0.25) is 4.79 Å². The number of nitrogens with one attached hydrogen (secondary N) is 1. The number of anilines is 2. The van der Waals surface area contributed by atoms with Crippen LogP contribution in [0.4, 0.5) is 11.4 Å². The van der Waals surface area contributed by atoms with Crippen molar-refractivity contribution in [3.05, 3.63) is 221 Å². The number of fused-ring (bicyclic) bond motifs is 3. The number of ether oxygens (including phenoxy) is 1. The average Bonchev–Trinajstić information content (AvgIpc) is 4.34. The van der Waals surface area contributed by atoms with E-state index in [-0.39, 0.29) is 45.9 Å². The maximum Gasteiger partial charge on any atom is 0.488 e. The standard InChI is InChI=1S/C23H17NO4S.C17H14O3S.C10H9BO3.C7H7NO2.C6H5BrO2S/c1-13-19(16-7-6-15-11-17(25)9-8-14(15)10-16)12-29-21(13)22(26)24-20-5-3-2-4-18(20)23(27)28;1-10-15(9-21-16(10)17(19)20-2)13-4-3-12-8-14(18)6-5-11(12)7-13;12-10-4-2-7-5-9(11(13)14)3-1-8(7)6-10;8-6-4-2-1-3-5(6)7(9)10;1-3-4(7)2-10-5(3)6(8)9/h2-12,25H,1H3,(H,24,26)(H,27,28);3-9,18H,1-2H3;1-6,12-14H;1-4H,8H2,(H,9,10);2H,1H3,(H,8,9). The second-order valence-corrected chi connectivity index (χ2v) is 21.9. The number of nitrogen functional groups attached to an aromatic ring is 1. The number of hydrogen-bond acceptors (Lipinski definition) is 15. The molecule has 0 aliphatic heterocycles. The van der Waals surface area contributed by atoms with Gasteiger partial charge in [-0.25, -0.2) is 19.2 Å². The van der Waals surface area contributed by atoms with E-state index in [4.69, 9.17) is 30.7 Å². The lowest BCUT2D eigenvalue weighted by atomic mass is 9.79. The van der Waals surface area contributed by atoms with Crippen molar-refractivity contribution in [2.24, 2.45) is 0 Å². The Labute approximate surface area is 501 Å². The Morgan fingerprint density at radius 3 is 1.37 bits per heavy atom. The van der Waals surface area contributed by atoms with Crippen molar-refractivity contribution in [3.63, 3.8) is 0 Å². The van der Waals surface area contributed by atoms with Gasteiger partial charge in [-0.15, -0.1) is 34.0 Å². The zero-order chi connectivity index (χ0) is 60.9. The van der Waals surface area contributed by atoms with Crippen molar-refractivity contribution in [2.75, 3.05) is 18.2 Å². The Balaban J connectivity index is 0.000000161. The second kappa shape index (κ2) is 28.1. The van der Waals surface area contributed by atoms with E-state index in [0.717, 1.165) is 75.7 Å². The van der Waals surface area contributed by atoms with Crippen LogP contribution in [0.3, 0.4) is 0 Å². The quantitative estimate of drug-likeness (QED) is 0.0365. The number of methoxy groups -OCH3 is 1. The summed E-state index contributed by atoms with van der Waals surface area (Å²) in [6.07, 6.45) is 0. The molecule has 16 nitrogen and oxygen atoms in total. The number of carbonyl (C=O) groups is 5. The zero-order valence-electron chi connectivity index (χ0n) is 45.0. The molecule has 0 fully saturated rings. The van der Waals surface area contributed by atoms with Crippen molar-refractivity contribution >= 4 is 136 Å². The number of thiophene rings is 3. The van der Waals surface area contributed by atoms with Gasteiger partial charge in [-0.2, -0.15) is 0 Å². The number of rotatable bonds is 9. The first-order chi connectivity index (χ1) is 40.0. The molecule has 0 saturated heterocycles. The number of aromatic carboxylic acids is 3. The third kappa shape index (κ3) is 15.4. The van der Waals surface area contributed by atoms with Gasteiger partial charge in [0.05, 0.1) is 28.8 Å². The molecule has 21 heteroatoms. The number of halogens is 1. The number of carboxylic acids is 3. The minimum absolute atomic E-state index is 0.0491. The van der Waals surface area contributed by atoms with E-state index >= 15 is 0 Å². The molecule has 3 aromatic heterocycles.